The van der Waals surface area contributed by atoms with Crippen molar-refractivity contribution in [2.24, 2.45) is 0 Å². The van der Waals surface area contributed by atoms with Crippen LogP contribution in [0.3, 0.4) is 0 Å². The van der Waals surface area contributed by atoms with Gasteiger partial charge in [-0.05, 0) is 32.0 Å². The van der Waals surface area contributed by atoms with Gasteiger partial charge >= 0.3 is 6.03 Å². The molecule has 0 aliphatic carbocycles. The number of hydrogen-bond donors (Lipinski definition) is 1. The minimum absolute atomic E-state index is 0.285. The largest absolute Gasteiger partial charge is 0.322 e. The summed E-state index contributed by atoms with van der Waals surface area (Å²) in [5, 5.41) is 10.0. The number of amides is 2. The number of carbonyl (C=O) groups is 1. The van der Waals surface area contributed by atoms with Crippen molar-refractivity contribution in [2.45, 2.75) is 20.4 Å². The molecule has 0 aliphatic heterocycles. The molecule has 0 saturated heterocycles. The lowest BCUT2D eigenvalue weighted by atomic mass is 10.3. The molecule has 2 rings (SSSR count). The molecule has 6 nitrogen and oxygen atoms in total. The van der Waals surface area contributed by atoms with Crippen LogP contribution >= 0.6 is 0 Å². The van der Waals surface area contributed by atoms with Gasteiger partial charge < -0.3 is 10.2 Å². The first kappa shape index (κ1) is 14.0. The van der Waals surface area contributed by atoms with Crippen LogP contribution in [0.25, 0.3) is 0 Å². The Bertz CT molecular complexity index is 600. The van der Waals surface area contributed by atoms with E-state index in [1.807, 2.05) is 6.92 Å². The summed E-state index contributed by atoms with van der Waals surface area (Å²) < 4.78 is 17.7. The van der Waals surface area contributed by atoms with Crippen molar-refractivity contribution in [3.63, 3.8) is 0 Å². The Morgan fingerprint density at radius 1 is 1.45 bits per heavy atom. The number of aryl methyl sites for hydroxylation is 1. The van der Waals surface area contributed by atoms with Crippen molar-refractivity contribution in [3.8, 4) is 0 Å². The van der Waals surface area contributed by atoms with Crippen molar-refractivity contribution < 1.29 is 13.8 Å². The summed E-state index contributed by atoms with van der Waals surface area (Å²) in [6.45, 7) is 4.36. The number of nitrogens with one attached hydrogen (secondary N) is 1. The molecule has 0 spiro atoms. The highest BCUT2D eigenvalue weighted by Gasteiger charge is 2.16. The van der Waals surface area contributed by atoms with Crippen molar-refractivity contribution >= 4 is 11.7 Å². The maximum absolute atomic E-state index is 13.1. The van der Waals surface area contributed by atoms with Gasteiger partial charge in [-0.15, -0.1) is 0 Å². The molecule has 1 aromatic heterocycles. The predicted octanol–water partition coefficient (Wildman–Crippen LogP) is 2.57. The van der Waals surface area contributed by atoms with Gasteiger partial charge in [0.05, 0.1) is 6.54 Å². The molecule has 1 heterocycles. The summed E-state index contributed by atoms with van der Waals surface area (Å²) in [5.74, 6) is -0.401. The molecule has 1 aromatic carbocycles. The van der Waals surface area contributed by atoms with E-state index in [-0.39, 0.29) is 12.6 Å². The minimum atomic E-state index is -0.401. The van der Waals surface area contributed by atoms with Crippen LogP contribution in [0.15, 0.2) is 28.9 Å². The Balaban J connectivity index is 2.04. The van der Waals surface area contributed by atoms with E-state index in [0.717, 1.165) is 0 Å². The molecule has 2 amide bonds. The maximum Gasteiger partial charge on any atom is 0.322 e. The van der Waals surface area contributed by atoms with Crippen LogP contribution in [0, 0.1) is 12.7 Å². The van der Waals surface area contributed by atoms with Crippen LogP contribution in [-0.2, 0) is 6.54 Å². The molecule has 0 radical (unpaired) electrons. The van der Waals surface area contributed by atoms with E-state index >= 15 is 0 Å². The molecule has 1 N–H and O–H groups in total. The van der Waals surface area contributed by atoms with Gasteiger partial charge in [0, 0.05) is 12.2 Å². The SMILES string of the molecule is CCN(Cc1nonc1C)C(=O)Nc1cccc(F)c1. The summed E-state index contributed by atoms with van der Waals surface area (Å²) in [5.41, 5.74) is 1.65. The number of carbonyl (C=O) groups excluding carboxylic acids is 1. The zero-order chi connectivity index (χ0) is 14.5. The second-order valence-corrected chi connectivity index (χ2v) is 4.25. The molecule has 7 heteroatoms. The monoisotopic (exact) mass is 278 g/mol. The van der Waals surface area contributed by atoms with E-state index in [9.17, 15) is 9.18 Å². The normalized spacial score (nSPS) is 10.3. The van der Waals surface area contributed by atoms with Crippen LogP contribution < -0.4 is 5.32 Å². The highest BCUT2D eigenvalue weighted by atomic mass is 19.1. The molecular weight excluding hydrogens is 263 g/mol. The second-order valence-electron chi connectivity index (χ2n) is 4.25. The van der Waals surface area contributed by atoms with E-state index in [0.29, 0.717) is 23.6 Å². The van der Waals surface area contributed by atoms with Crippen molar-refractivity contribution in [1.82, 2.24) is 15.2 Å². The van der Waals surface area contributed by atoms with E-state index in [1.165, 1.54) is 23.1 Å². The predicted molar refractivity (Wildman–Crippen MR) is 70.5 cm³/mol. The van der Waals surface area contributed by atoms with Crippen molar-refractivity contribution in [2.75, 3.05) is 11.9 Å². The third-order valence-corrected chi connectivity index (χ3v) is 2.83. The Morgan fingerprint density at radius 2 is 2.25 bits per heavy atom. The number of aromatic nitrogens is 2. The maximum atomic E-state index is 13.1. The third kappa shape index (κ3) is 3.31. The number of anilines is 1. The van der Waals surface area contributed by atoms with E-state index in [2.05, 4.69) is 20.3 Å². The molecular formula is C13H15FN4O2. The zero-order valence-electron chi connectivity index (χ0n) is 11.3. The lowest BCUT2D eigenvalue weighted by molar-refractivity contribution is 0.210. The quantitative estimate of drug-likeness (QED) is 0.933. The number of rotatable bonds is 4. The first-order valence-electron chi connectivity index (χ1n) is 6.19. The Morgan fingerprint density at radius 3 is 2.85 bits per heavy atom. The van der Waals surface area contributed by atoms with Gasteiger partial charge in [0.1, 0.15) is 17.2 Å². The fraction of sp³-hybridized carbons (Fsp3) is 0.308. The van der Waals surface area contributed by atoms with Gasteiger partial charge in [-0.25, -0.2) is 13.8 Å². The van der Waals surface area contributed by atoms with Crippen LogP contribution in [0.1, 0.15) is 18.3 Å². The van der Waals surface area contributed by atoms with Gasteiger partial charge in [-0.2, -0.15) is 0 Å². The molecule has 0 saturated carbocycles. The molecule has 0 aliphatic rings. The Hall–Kier alpha value is -2.44. The topological polar surface area (TPSA) is 71.3 Å². The van der Waals surface area contributed by atoms with Gasteiger partial charge in [-0.3, -0.25) is 0 Å². The van der Waals surface area contributed by atoms with Gasteiger partial charge in [0.25, 0.3) is 0 Å². The number of hydrogen-bond acceptors (Lipinski definition) is 4. The highest BCUT2D eigenvalue weighted by molar-refractivity contribution is 5.89. The Kier molecular flexibility index (Phi) is 4.29. The standard InChI is InChI=1S/C13H15FN4O2/c1-3-18(8-12-9(2)16-20-17-12)13(19)15-11-6-4-5-10(14)7-11/h4-7H,3,8H2,1-2H3,(H,15,19). The van der Waals surface area contributed by atoms with Crippen LogP contribution in [-0.4, -0.2) is 27.8 Å². The summed E-state index contributed by atoms with van der Waals surface area (Å²) >= 11 is 0. The smallest absolute Gasteiger partial charge is 0.319 e. The van der Waals surface area contributed by atoms with E-state index < -0.39 is 5.82 Å². The summed E-state index contributed by atoms with van der Waals surface area (Å²) in [6, 6.07) is 5.40. The number of benzene rings is 1. The van der Waals surface area contributed by atoms with Gasteiger partial charge in [0.15, 0.2) is 0 Å². The average Bonchev–Trinajstić information content (AvgIpc) is 2.81. The van der Waals surface area contributed by atoms with E-state index in [1.54, 1.807) is 13.0 Å². The highest BCUT2D eigenvalue weighted by Crippen LogP contribution is 2.12. The van der Waals surface area contributed by atoms with E-state index in [4.69, 9.17) is 0 Å². The summed E-state index contributed by atoms with van der Waals surface area (Å²) in [6.07, 6.45) is 0. The third-order valence-electron chi connectivity index (χ3n) is 2.83. The minimum Gasteiger partial charge on any atom is -0.319 e. The number of halogens is 1. The lowest BCUT2D eigenvalue weighted by Gasteiger charge is -2.20. The molecule has 0 atom stereocenters. The Labute approximate surface area is 115 Å². The average molecular weight is 278 g/mol. The second kappa shape index (κ2) is 6.14. The fourth-order valence-corrected chi connectivity index (χ4v) is 1.67. The van der Waals surface area contributed by atoms with Crippen LogP contribution in [0.4, 0.5) is 14.9 Å². The van der Waals surface area contributed by atoms with Gasteiger partial charge in [0.2, 0.25) is 0 Å². The van der Waals surface area contributed by atoms with Crippen LogP contribution in [0.5, 0.6) is 0 Å². The summed E-state index contributed by atoms with van der Waals surface area (Å²) in [4.78, 5) is 13.6. The molecule has 0 bridgehead atoms. The number of nitrogens with zero attached hydrogens (tertiary/aromatic N) is 3. The summed E-state index contributed by atoms with van der Waals surface area (Å²) in [7, 11) is 0. The van der Waals surface area contributed by atoms with Gasteiger partial charge in [-0.1, -0.05) is 16.4 Å². The zero-order valence-corrected chi connectivity index (χ0v) is 11.3. The molecule has 20 heavy (non-hydrogen) atoms. The number of urea groups is 1. The fourth-order valence-electron chi connectivity index (χ4n) is 1.67. The van der Waals surface area contributed by atoms with Crippen molar-refractivity contribution in [1.29, 1.82) is 0 Å². The first-order valence-corrected chi connectivity index (χ1v) is 6.19. The molecule has 0 unspecified atom stereocenters. The molecule has 106 valence electrons. The lowest BCUT2D eigenvalue weighted by Crippen LogP contribution is -2.34. The molecule has 2 aromatic rings. The van der Waals surface area contributed by atoms with Crippen molar-refractivity contribution in [3.05, 3.63) is 41.5 Å². The van der Waals surface area contributed by atoms with Crippen LogP contribution in [0.2, 0.25) is 0 Å². The molecule has 0 fully saturated rings. The first-order chi connectivity index (χ1) is 9.60.